The van der Waals surface area contributed by atoms with Crippen molar-refractivity contribution in [2.45, 2.75) is 25.3 Å². The van der Waals surface area contributed by atoms with Gasteiger partial charge >= 0.3 is 0 Å². The Balaban J connectivity index is 1.33. The number of hydrogen-bond donors (Lipinski definition) is 3. The minimum atomic E-state index is -0.764. The van der Waals surface area contributed by atoms with Crippen LogP contribution in [-0.2, 0) is 16.0 Å². The van der Waals surface area contributed by atoms with Crippen LogP contribution in [0.15, 0.2) is 91.0 Å². The first-order chi connectivity index (χ1) is 20.0. The molecule has 4 N–H and O–H groups in total. The number of nitrogens with two attached hydrogens (primary N) is 1. The Labute approximate surface area is 240 Å². The molecule has 0 bridgehead atoms. The van der Waals surface area contributed by atoms with Crippen LogP contribution < -0.4 is 21.3 Å². The van der Waals surface area contributed by atoms with Gasteiger partial charge in [0, 0.05) is 31.5 Å². The molecule has 41 heavy (non-hydrogen) atoms. The van der Waals surface area contributed by atoms with Crippen molar-refractivity contribution in [2.24, 2.45) is 5.73 Å². The van der Waals surface area contributed by atoms with Crippen molar-refractivity contribution < 1.29 is 14.4 Å². The molecule has 1 heterocycles. The van der Waals surface area contributed by atoms with Crippen LogP contribution in [0.4, 0.5) is 5.69 Å². The number of carbonyl (C=O) groups excluding carboxylic acids is 3. The molecule has 208 valence electrons. The molecule has 1 aliphatic rings. The minimum Gasteiger partial charge on any atom is -0.354 e. The van der Waals surface area contributed by atoms with Crippen molar-refractivity contribution in [3.8, 4) is 0 Å². The fourth-order valence-electron chi connectivity index (χ4n) is 5.10. The largest absolute Gasteiger partial charge is 0.354 e. The summed E-state index contributed by atoms with van der Waals surface area (Å²) in [6, 6.07) is 28.4. The smallest absolute Gasteiger partial charge is 0.258 e. The molecule has 4 aromatic rings. The van der Waals surface area contributed by atoms with E-state index in [2.05, 4.69) is 10.6 Å². The number of carbonyl (C=O) groups is 3. The molecule has 0 spiro atoms. The van der Waals surface area contributed by atoms with Crippen LogP contribution in [0.25, 0.3) is 22.9 Å². The zero-order valence-electron chi connectivity index (χ0n) is 22.9. The van der Waals surface area contributed by atoms with Crippen LogP contribution in [0.3, 0.4) is 0 Å². The number of amides is 3. The number of anilines is 1. The molecule has 0 radical (unpaired) electrons. The summed E-state index contributed by atoms with van der Waals surface area (Å²) in [4.78, 5) is 41.7. The van der Waals surface area contributed by atoms with E-state index in [0.29, 0.717) is 31.5 Å². The molecule has 5 rings (SSSR count). The molecule has 0 fully saturated rings. The molecule has 7 heteroatoms. The van der Waals surface area contributed by atoms with E-state index < -0.39 is 6.04 Å². The highest BCUT2D eigenvalue weighted by molar-refractivity contribution is 6.11. The maximum atomic E-state index is 13.7. The van der Waals surface area contributed by atoms with Gasteiger partial charge in [-0.05, 0) is 52.6 Å². The molecule has 0 saturated heterocycles. The summed E-state index contributed by atoms with van der Waals surface area (Å²) in [6.45, 7) is 1.07. The number of fused-ring (bicyclic) bond motifs is 3. The number of para-hydroxylation sites is 1. The van der Waals surface area contributed by atoms with E-state index in [0.717, 1.165) is 33.2 Å². The molecule has 7 nitrogen and oxygen atoms in total. The highest BCUT2D eigenvalue weighted by atomic mass is 16.2. The van der Waals surface area contributed by atoms with Crippen molar-refractivity contribution in [1.29, 1.82) is 0 Å². The van der Waals surface area contributed by atoms with Crippen molar-refractivity contribution >= 4 is 46.3 Å². The SMILES string of the molecule is NCCCNC(=O)[C@@H](Cc1ccc2ccccc2c1)NC(=O)CCN1C(=O)c2ccccc2/C=C\c2ccccc21. The van der Waals surface area contributed by atoms with Gasteiger partial charge in [0.1, 0.15) is 6.04 Å². The summed E-state index contributed by atoms with van der Waals surface area (Å²) < 4.78 is 0. The Morgan fingerprint density at radius 3 is 2.37 bits per heavy atom. The number of nitrogens with zero attached hydrogens (tertiary/aromatic N) is 1. The predicted molar refractivity (Wildman–Crippen MR) is 164 cm³/mol. The third kappa shape index (κ3) is 6.70. The van der Waals surface area contributed by atoms with Crippen molar-refractivity contribution in [1.82, 2.24) is 10.6 Å². The van der Waals surface area contributed by atoms with Gasteiger partial charge in [0.05, 0.1) is 5.69 Å². The number of nitrogens with one attached hydrogen (secondary N) is 2. The topological polar surface area (TPSA) is 105 Å². The second kappa shape index (κ2) is 13.1. The summed E-state index contributed by atoms with van der Waals surface area (Å²) in [5, 5.41) is 8.01. The van der Waals surface area contributed by atoms with Gasteiger partial charge in [-0.25, -0.2) is 0 Å². The van der Waals surface area contributed by atoms with E-state index in [1.54, 1.807) is 11.0 Å². The van der Waals surface area contributed by atoms with E-state index in [1.807, 2.05) is 97.1 Å². The lowest BCUT2D eigenvalue weighted by atomic mass is 10.00. The summed E-state index contributed by atoms with van der Waals surface area (Å²) in [5.74, 6) is -0.731. The van der Waals surface area contributed by atoms with Gasteiger partial charge in [0.25, 0.3) is 5.91 Å². The Kier molecular flexibility index (Phi) is 8.86. The predicted octanol–water partition coefficient (Wildman–Crippen LogP) is 4.55. The van der Waals surface area contributed by atoms with Gasteiger partial charge in [0.2, 0.25) is 11.8 Å². The normalized spacial score (nSPS) is 13.9. The first-order valence-electron chi connectivity index (χ1n) is 14.0. The highest BCUT2D eigenvalue weighted by Crippen LogP contribution is 2.28. The minimum absolute atomic E-state index is 0.0380. The molecule has 4 aromatic carbocycles. The standard InChI is InChI=1S/C34H34N4O3/c35-19-7-20-36-33(40)30(23-24-14-15-25-8-1-2-11-28(25)22-24)37-32(39)18-21-38-31-13-6-4-10-27(31)17-16-26-9-3-5-12-29(26)34(38)41/h1-6,8-17,22,30H,7,18-21,23,35H2,(H,36,40)(H,37,39)/b17-16-/t30-/m1/s1. The van der Waals surface area contributed by atoms with Gasteiger partial charge in [-0.2, -0.15) is 0 Å². The molecule has 0 aliphatic carbocycles. The number of benzene rings is 4. The number of rotatable bonds is 10. The van der Waals surface area contributed by atoms with Gasteiger partial charge in [-0.15, -0.1) is 0 Å². The van der Waals surface area contributed by atoms with E-state index in [1.165, 1.54) is 0 Å². The molecular weight excluding hydrogens is 512 g/mol. The molecule has 1 atom stereocenters. The van der Waals surface area contributed by atoms with Crippen LogP contribution in [0, 0.1) is 0 Å². The maximum absolute atomic E-state index is 13.7. The monoisotopic (exact) mass is 546 g/mol. The molecule has 1 aliphatic heterocycles. The molecule has 0 unspecified atom stereocenters. The van der Waals surface area contributed by atoms with Gasteiger partial charge in [-0.3, -0.25) is 14.4 Å². The third-order valence-corrected chi connectivity index (χ3v) is 7.25. The van der Waals surface area contributed by atoms with E-state index in [4.69, 9.17) is 5.73 Å². The summed E-state index contributed by atoms with van der Waals surface area (Å²) in [6.07, 6.45) is 4.95. The average molecular weight is 547 g/mol. The highest BCUT2D eigenvalue weighted by Gasteiger charge is 2.25. The average Bonchev–Trinajstić information content (AvgIpc) is 2.99. The Morgan fingerprint density at radius 2 is 1.54 bits per heavy atom. The Bertz CT molecular complexity index is 1600. The second-order valence-electron chi connectivity index (χ2n) is 10.1. The molecule has 0 saturated carbocycles. The van der Waals surface area contributed by atoms with Crippen molar-refractivity contribution in [3.63, 3.8) is 0 Å². The Hall–Kier alpha value is -4.75. The molecular formula is C34H34N4O3. The van der Waals surface area contributed by atoms with E-state index in [-0.39, 0.29) is 30.7 Å². The fraction of sp³-hybridized carbons (Fsp3) is 0.206. The lowest BCUT2D eigenvalue weighted by Gasteiger charge is -2.27. The summed E-state index contributed by atoms with van der Waals surface area (Å²) >= 11 is 0. The van der Waals surface area contributed by atoms with Crippen molar-refractivity contribution in [2.75, 3.05) is 24.5 Å². The van der Waals surface area contributed by atoms with Gasteiger partial charge < -0.3 is 21.3 Å². The number of hydrogen-bond acceptors (Lipinski definition) is 4. The lowest BCUT2D eigenvalue weighted by molar-refractivity contribution is -0.128. The van der Waals surface area contributed by atoms with Crippen LogP contribution in [0.1, 0.15) is 39.9 Å². The first kappa shape index (κ1) is 27.8. The first-order valence-corrected chi connectivity index (χ1v) is 14.0. The lowest BCUT2D eigenvalue weighted by Crippen LogP contribution is -2.49. The van der Waals surface area contributed by atoms with Crippen LogP contribution in [0.5, 0.6) is 0 Å². The van der Waals surface area contributed by atoms with Gasteiger partial charge in [0.15, 0.2) is 0 Å². The maximum Gasteiger partial charge on any atom is 0.258 e. The molecule has 0 aromatic heterocycles. The summed E-state index contributed by atoms with van der Waals surface area (Å²) in [5.41, 5.74) is 9.57. The van der Waals surface area contributed by atoms with E-state index >= 15 is 0 Å². The summed E-state index contributed by atoms with van der Waals surface area (Å²) in [7, 11) is 0. The third-order valence-electron chi connectivity index (χ3n) is 7.25. The quantitative estimate of drug-likeness (QED) is 0.254. The van der Waals surface area contributed by atoms with Crippen LogP contribution >= 0.6 is 0 Å². The fourth-order valence-corrected chi connectivity index (χ4v) is 5.10. The van der Waals surface area contributed by atoms with Crippen LogP contribution in [-0.4, -0.2) is 43.4 Å². The van der Waals surface area contributed by atoms with Crippen molar-refractivity contribution in [3.05, 3.63) is 113 Å². The Morgan fingerprint density at radius 1 is 0.829 bits per heavy atom. The van der Waals surface area contributed by atoms with Gasteiger partial charge in [-0.1, -0.05) is 91.0 Å². The molecule has 3 amide bonds. The zero-order chi connectivity index (χ0) is 28.6. The second-order valence-corrected chi connectivity index (χ2v) is 10.1. The van der Waals surface area contributed by atoms with Crippen LogP contribution in [0.2, 0.25) is 0 Å². The zero-order valence-corrected chi connectivity index (χ0v) is 22.9. The van der Waals surface area contributed by atoms with E-state index in [9.17, 15) is 14.4 Å².